The first-order valence-electron chi connectivity index (χ1n) is 7.14. The van der Waals surface area contributed by atoms with Gasteiger partial charge in [0.15, 0.2) is 10.8 Å². The zero-order chi connectivity index (χ0) is 15.2. The summed E-state index contributed by atoms with van der Waals surface area (Å²) in [4.78, 5) is 4.14. The summed E-state index contributed by atoms with van der Waals surface area (Å²) in [5.74, 6) is 0.942. The second-order valence-corrected chi connectivity index (χ2v) is 7.69. The lowest BCUT2D eigenvalue weighted by molar-refractivity contribution is 0.212. The summed E-state index contributed by atoms with van der Waals surface area (Å²) in [6.45, 7) is 5.32. The second-order valence-electron chi connectivity index (χ2n) is 5.84. The Labute approximate surface area is 124 Å². The Bertz CT molecular complexity index is 768. The molecule has 21 heavy (non-hydrogen) atoms. The van der Waals surface area contributed by atoms with Crippen molar-refractivity contribution in [1.82, 2.24) is 13.7 Å². The van der Waals surface area contributed by atoms with E-state index in [4.69, 9.17) is 5.73 Å². The molecule has 0 aromatic carbocycles. The number of aromatic nitrogens is 2. The minimum Gasteiger partial charge on any atom is -0.381 e. The highest BCUT2D eigenvalue weighted by atomic mass is 32.2. The molecule has 2 aromatic rings. The molecule has 2 atom stereocenters. The molecule has 114 valence electrons. The van der Waals surface area contributed by atoms with Crippen molar-refractivity contribution in [2.24, 2.45) is 11.8 Å². The standard InChI is InChI=1S/C14H20N4O2S/c1-10-6-8-17(9-11(10)2)21(19,20)14-13(15)16-12-5-3-4-7-18(12)14/h3-5,7,10-11H,6,8-9,15H2,1-2H3. The summed E-state index contributed by atoms with van der Waals surface area (Å²) in [6, 6.07) is 5.33. The molecule has 1 aliphatic rings. The molecule has 6 nitrogen and oxygen atoms in total. The van der Waals surface area contributed by atoms with Crippen LogP contribution in [0.1, 0.15) is 20.3 Å². The average Bonchev–Trinajstić information content (AvgIpc) is 2.78. The van der Waals surface area contributed by atoms with Crippen LogP contribution in [0.3, 0.4) is 0 Å². The third-order valence-corrected chi connectivity index (χ3v) is 6.30. The Kier molecular flexibility index (Phi) is 3.41. The molecular formula is C14H20N4O2S. The maximum Gasteiger partial charge on any atom is 0.262 e. The van der Waals surface area contributed by atoms with Gasteiger partial charge in [-0.2, -0.15) is 4.31 Å². The van der Waals surface area contributed by atoms with Crippen molar-refractivity contribution in [3.05, 3.63) is 24.4 Å². The van der Waals surface area contributed by atoms with Crippen molar-refractivity contribution in [2.45, 2.75) is 25.3 Å². The topological polar surface area (TPSA) is 80.7 Å². The van der Waals surface area contributed by atoms with Gasteiger partial charge in [-0.15, -0.1) is 0 Å². The summed E-state index contributed by atoms with van der Waals surface area (Å²) in [5.41, 5.74) is 6.42. The third-order valence-electron chi connectivity index (χ3n) is 4.39. The van der Waals surface area contributed by atoms with Gasteiger partial charge in [-0.25, -0.2) is 13.4 Å². The average molecular weight is 308 g/mol. The molecule has 3 rings (SSSR count). The molecule has 1 saturated heterocycles. The predicted molar refractivity (Wildman–Crippen MR) is 81.3 cm³/mol. The van der Waals surface area contributed by atoms with Crippen LogP contribution in [0, 0.1) is 11.8 Å². The fourth-order valence-electron chi connectivity index (χ4n) is 2.81. The number of imidazole rings is 1. The first kappa shape index (κ1) is 14.3. The van der Waals surface area contributed by atoms with Crippen molar-refractivity contribution in [1.29, 1.82) is 0 Å². The Morgan fingerprint density at radius 2 is 2.05 bits per heavy atom. The smallest absolute Gasteiger partial charge is 0.262 e. The second kappa shape index (κ2) is 4.99. The van der Waals surface area contributed by atoms with Crippen LogP contribution in [0.5, 0.6) is 0 Å². The molecule has 0 spiro atoms. The van der Waals surface area contributed by atoms with E-state index < -0.39 is 10.0 Å². The first-order valence-corrected chi connectivity index (χ1v) is 8.58. The first-order chi connectivity index (χ1) is 9.91. The highest BCUT2D eigenvalue weighted by molar-refractivity contribution is 7.89. The predicted octanol–water partition coefficient (Wildman–Crippen LogP) is 1.58. The van der Waals surface area contributed by atoms with E-state index in [0.29, 0.717) is 30.6 Å². The summed E-state index contributed by atoms with van der Waals surface area (Å²) < 4.78 is 28.9. The number of hydrogen-bond acceptors (Lipinski definition) is 4. The van der Waals surface area contributed by atoms with Gasteiger partial charge in [-0.05, 0) is 30.4 Å². The maximum atomic E-state index is 12.9. The van der Waals surface area contributed by atoms with E-state index in [9.17, 15) is 8.42 Å². The molecule has 2 aromatic heterocycles. The molecule has 0 amide bonds. The molecule has 2 unspecified atom stereocenters. The van der Waals surface area contributed by atoms with Gasteiger partial charge < -0.3 is 5.73 Å². The molecule has 1 fully saturated rings. The van der Waals surface area contributed by atoms with Crippen LogP contribution in [0.2, 0.25) is 0 Å². The van der Waals surface area contributed by atoms with Crippen molar-refractivity contribution in [3.63, 3.8) is 0 Å². The maximum absolute atomic E-state index is 12.9. The third kappa shape index (κ3) is 2.30. The van der Waals surface area contributed by atoms with Crippen molar-refractivity contribution in [2.75, 3.05) is 18.8 Å². The van der Waals surface area contributed by atoms with Gasteiger partial charge in [0.25, 0.3) is 10.0 Å². The SMILES string of the molecule is CC1CCN(S(=O)(=O)c2c(N)nc3ccccn23)CC1C. The Morgan fingerprint density at radius 3 is 2.76 bits per heavy atom. The lowest BCUT2D eigenvalue weighted by atomic mass is 9.90. The summed E-state index contributed by atoms with van der Waals surface area (Å²) in [5, 5.41) is 0.0832. The quantitative estimate of drug-likeness (QED) is 0.913. The highest BCUT2D eigenvalue weighted by Crippen LogP contribution is 2.29. The number of rotatable bonds is 2. The summed E-state index contributed by atoms with van der Waals surface area (Å²) in [7, 11) is -3.62. The lowest BCUT2D eigenvalue weighted by Gasteiger charge is -2.34. The number of piperidine rings is 1. The fraction of sp³-hybridized carbons (Fsp3) is 0.500. The van der Waals surface area contributed by atoms with Crippen molar-refractivity contribution >= 4 is 21.5 Å². The molecule has 0 saturated carbocycles. The van der Waals surface area contributed by atoms with Gasteiger partial charge in [0.2, 0.25) is 0 Å². The van der Waals surface area contributed by atoms with Crippen LogP contribution in [0.25, 0.3) is 5.65 Å². The molecule has 1 aliphatic heterocycles. The zero-order valence-electron chi connectivity index (χ0n) is 12.2. The van der Waals surface area contributed by atoms with Gasteiger partial charge >= 0.3 is 0 Å². The molecule has 0 aliphatic carbocycles. The van der Waals surface area contributed by atoms with E-state index in [2.05, 4.69) is 18.8 Å². The normalized spacial score (nSPS) is 24.5. The van der Waals surface area contributed by atoms with Crippen LogP contribution >= 0.6 is 0 Å². The van der Waals surface area contributed by atoms with Gasteiger partial charge in [-0.1, -0.05) is 19.9 Å². The minimum atomic E-state index is -3.62. The monoisotopic (exact) mass is 308 g/mol. The van der Waals surface area contributed by atoms with Crippen LogP contribution in [0.15, 0.2) is 29.4 Å². The Hall–Kier alpha value is -1.60. The molecule has 7 heteroatoms. The summed E-state index contributed by atoms with van der Waals surface area (Å²) in [6.07, 6.45) is 2.55. The largest absolute Gasteiger partial charge is 0.381 e. The van der Waals surface area contributed by atoms with Gasteiger partial charge in [0.1, 0.15) is 5.65 Å². The van der Waals surface area contributed by atoms with E-state index in [-0.39, 0.29) is 10.8 Å². The molecule has 0 bridgehead atoms. The number of sulfonamides is 1. The number of anilines is 1. The van der Waals surface area contributed by atoms with Crippen LogP contribution < -0.4 is 5.73 Å². The number of nitrogen functional groups attached to an aromatic ring is 1. The molecule has 2 N–H and O–H groups in total. The minimum absolute atomic E-state index is 0.0625. The number of fused-ring (bicyclic) bond motifs is 1. The van der Waals surface area contributed by atoms with Gasteiger partial charge in [-0.3, -0.25) is 4.40 Å². The van der Waals surface area contributed by atoms with E-state index in [1.54, 1.807) is 22.7 Å². The van der Waals surface area contributed by atoms with Crippen LogP contribution in [0.4, 0.5) is 5.82 Å². The van der Waals surface area contributed by atoms with E-state index in [0.717, 1.165) is 6.42 Å². The lowest BCUT2D eigenvalue weighted by Crippen LogP contribution is -2.42. The van der Waals surface area contributed by atoms with E-state index in [1.165, 1.54) is 4.31 Å². The van der Waals surface area contributed by atoms with Crippen molar-refractivity contribution < 1.29 is 8.42 Å². The number of nitrogens with zero attached hydrogens (tertiary/aromatic N) is 3. The molecule has 3 heterocycles. The highest BCUT2D eigenvalue weighted by Gasteiger charge is 2.35. The Morgan fingerprint density at radius 1 is 1.29 bits per heavy atom. The number of nitrogens with two attached hydrogens (primary N) is 1. The Balaban J connectivity index is 2.07. The number of hydrogen-bond donors (Lipinski definition) is 1. The van der Waals surface area contributed by atoms with E-state index in [1.807, 2.05) is 6.07 Å². The number of pyridine rings is 1. The van der Waals surface area contributed by atoms with Gasteiger partial charge in [0.05, 0.1) is 0 Å². The van der Waals surface area contributed by atoms with E-state index >= 15 is 0 Å². The summed E-state index contributed by atoms with van der Waals surface area (Å²) >= 11 is 0. The van der Waals surface area contributed by atoms with Crippen LogP contribution in [-0.4, -0.2) is 35.2 Å². The molecular weight excluding hydrogens is 288 g/mol. The van der Waals surface area contributed by atoms with Crippen molar-refractivity contribution in [3.8, 4) is 0 Å². The molecule has 0 radical (unpaired) electrons. The van der Waals surface area contributed by atoms with Gasteiger partial charge in [0, 0.05) is 19.3 Å². The zero-order valence-corrected chi connectivity index (χ0v) is 13.0. The fourth-order valence-corrected chi connectivity index (χ4v) is 4.55. The van der Waals surface area contributed by atoms with Crippen LogP contribution in [-0.2, 0) is 10.0 Å².